The highest BCUT2D eigenvalue weighted by molar-refractivity contribution is 7.92. The molecule has 3 aromatic carbocycles. The number of fused-ring (bicyclic) bond motifs is 1. The van der Waals surface area contributed by atoms with Crippen LogP contribution in [0.25, 0.3) is 0 Å². The van der Waals surface area contributed by atoms with E-state index in [9.17, 15) is 13.2 Å². The van der Waals surface area contributed by atoms with Crippen LogP contribution in [-0.4, -0.2) is 27.5 Å². The number of carbonyl (C=O) groups excluding carboxylic acids is 1. The van der Waals surface area contributed by atoms with Gasteiger partial charge in [0.25, 0.3) is 15.9 Å². The molecule has 2 N–H and O–H groups in total. The van der Waals surface area contributed by atoms with Gasteiger partial charge in [0.15, 0.2) is 11.5 Å². The van der Waals surface area contributed by atoms with Gasteiger partial charge in [-0.1, -0.05) is 35.9 Å². The molecule has 9 heteroatoms. The van der Waals surface area contributed by atoms with Gasteiger partial charge in [0, 0.05) is 5.56 Å². The first-order chi connectivity index (χ1) is 15.7. The Morgan fingerprint density at radius 3 is 2.48 bits per heavy atom. The minimum absolute atomic E-state index is 0.0209. The second-order valence-electron chi connectivity index (χ2n) is 7.66. The van der Waals surface area contributed by atoms with Crippen molar-refractivity contribution in [2.75, 3.05) is 17.9 Å². The fourth-order valence-electron chi connectivity index (χ4n) is 3.43. The smallest absolute Gasteiger partial charge is 0.263 e. The van der Waals surface area contributed by atoms with Gasteiger partial charge in [0.1, 0.15) is 18.1 Å². The molecule has 172 valence electrons. The van der Waals surface area contributed by atoms with Gasteiger partial charge in [-0.15, -0.1) is 0 Å². The zero-order chi connectivity index (χ0) is 23.6. The number of nitrogens with one attached hydrogen (secondary N) is 2. The van der Waals surface area contributed by atoms with Crippen LogP contribution in [0.3, 0.4) is 0 Å². The van der Waals surface area contributed by atoms with E-state index >= 15 is 0 Å². The van der Waals surface area contributed by atoms with Gasteiger partial charge in [0.05, 0.1) is 16.8 Å². The van der Waals surface area contributed by atoms with E-state index in [1.807, 2.05) is 25.1 Å². The predicted octanol–water partition coefficient (Wildman–Crippen LogP) is 4.71. The average Bonchev–Trinajstić information content (AvgIpc) is 2.80. The van der Waals surface area contributed by atoms with Crippen LogP contribution in [0.2, 0.25) is 5.02 Å². The Bertz CT molecular complexity index is 1310. The van der Waals surface area contributed by atoms with E-state index in [1.54, 1.807) is 31.2 Å². The van der Waals surface area contributed by atoms with Crippen molar-refractivity contribution in [3.05, 3.63) is 82.4 Å². The van der Waals surface area contributed by atoms with E-state index in [0.29, 0.717) is 30.4 Å². The normalized spacial score (nSPS) is 13.8. The maximum absolute atomic E-state index is 13.0. The van der Waals surface area contributed by atoms with Gasteiger partial charge in [0.2, 0.25) is 0 Å². The van der Waals surface area contributed by atoms with E-state index < -0.39 is 15.9 Å². The Morgan fingerprint density at radius 1 is 1.00 bits per heavy atom. The lowest BCUT2D eigenvalue weighted by molar-refractivity contribution is 0.0939. The van der Waals surface area contributed by atoms with Crippen molar-refractivity contribution in [1.82, 2.24) is 5.32 Å². The third-order valence-electron chi connectivity index (χ3n) is 5.29. The summed E-state index contributed by atoms with van der Waals surface area (Å²) in [6.45, 7) is 4.59. The topological polar surface area (TPSA) is 93.7 Å². The number of hydrogen-bond acceptors (Lipinski definition) is 5. The first kappa shape index (κ1) is 22.9. The number of para-hydroxylation sites is 1. The van der Waals surface area contributed by atoms with Crippen LogP contribution in [0, 0.1) is 6.92 Å². The summed E-state index contributed by atoms with van der Waals surface area (Å²) in [6.07, 6.45) is 0. The SMILES string of the molecule is Cc1ccccc1NS(=O)(=O)c1cc(C(=O)N[C@H](C)c2ccc3c(c2)OCCO3)ccc1Cl. The summed E-state index contributed by atoms with van der Waals surface area (Å²) in [5, 5.41) is 2.90. The molecule has 1 atom stereocenters. The van der Waals surface area contributed by atoms with Crippen LogP contribution >= 0.6 is 11.6 Å². The van der Waals surface area contributed by atoms with Gasteiger partial charge < -0.3 is 14.8 Å². The van der Waals surface area contributed by atoms with Crippen molar-refractivity contribution in [2.45, 2.75) is 24.8 Å². The lowest BCUT2D eigenvalue weighted by Gasteiger charge is -2.21. The molecule has 7 nitrogen and oxygen atoms in total. The Labute approximate surface area is 197 Å². The Balaban J connectivity index is 1.54. The molecule has 1 heterocycles. The third-order valence-corrected chi connectivity index (χ3v) is 7.13. The zero-order valence-corrected chi connectivity index (χ0v) is 19.7. The molecule has 0 unspecified atom stereocenters. The molecule has 1 aliphatic heterocycles. The summed E-state index contributed by atoms with van der Waals surface area (Å²) < 4.78 is 39.6. The highest BCUT2D eigenvalue weighted by Crippen LogP contribution is 2.33. The number of anilines is 1. The number of halogens is 1. The second-order valence-corrected chi connectivity index (χ2v) is 9.72. The largest absolute Gasteiger partial charge is 0.486 e. The summed E-state index contributed by atoms with van der Waals surface area (Å²) in [4.78, 5) is 12.7. The first-order valence-electron chi connectivity index (χ1n) is 10.3. The molecule has 0 bridgehead atoms. The summed E-state index contributed by atoms with van der Waals surface area (Å²) in [7, 11) is -4.01. The van der Waals surface area contributed by atoms with E-state index in [0.717, 1.165) is 11.1 Å². The maximum Gasteiger partial charge on any atom is 0.263 e. The molecule has 4 rings (SSSR count). The van der Waals surface area contributed by atoms with Crippen LogP contribution < -0.4 is 19.5 Å². The maximum atomic E-state index is 13.0. The minimum atomic E-state index is -4.01. The number of aryl methyl sites for hydroxylation is 1. The van der Waals surface area contributed by atoms with E-state index in [4.69, 9.17) is 21.1 Å². The number of hydrogen-bond donors (Lipinski definition) is 2. The lowest BCUT2D eigenvalue weighted by atomic mass is 10.1. The minimum Gasteiger partial charge on any atom is -0.486 e. The molecule has 0 aromatic heterocycles. The molecular formula is C24H23ClN2O5S. The summed E-state index contributed by atoms with van der Waals surface area (Å²) in [5.74, 6) is 0.862. The molecule has 33 heavy (non-hydrogen) atoms. The molecule has 0 saturated carbocycles. The molecule has 0 saturated heterocycles. The number of benzene rings is 3. The van der Waals surface area contributed by atoms with Crippen LogP contribution in [0.5, 0.6) is 11.5 Å². The van der Waals surface area contributed by atoms with Gasteiger partial charge in [-0.2, -0.15) is 0 Å². The van der Waals surface area contributed by atoms with Crippen molar-refractivity contribution >= 4 is 33.2 Å². The summed E-state index contributed by atoms with van der Waals surface area (Å²) in [6, 6.07) is 16.3. The fraction of sp³-hybridized carbons (Fsp3) is 0.208. The Kier molecular flexibility index (Phi) is 6.49. The predicted molar refractivity (Wildman–Crippen MR) is 127 cm³/mol. The number of carbonyl (C=O) groups is 1. The molecule has 0 spiro atoms. The van der Waals surface area contributed by atoms with E-state index in [2.05, 4.69) is 10.0 Å². The zero-order valence-electron chi connectivity index (χ0n) is 18.1. The first-order valence-corrected chi connectivity index (χ1v) is 12.2. The Hall–Kier alpha value is -3.23. The quantitative estimate of drug-likeness (QED) is 0.526. The molecular weight excluding hydrogens is 464 g/mol. The van der Waals surface area contributed by atoms with Gasteiger partial charge in [-0.25, -0.2) is 8.42 Å². The second kappa shape index (κ2) is 9.33. The number of ether oxygens (including phenoxy) is 2. The van der Waals surface area contributed by atoms with Crippen molar-refractivity contribution in [3.8, 4) is 11.5 Å². The van der Waals surface area contributed by atoms with Gasteiger partial charge >= 0.3 is 0 Å². The van der Waals surface area contributed by atoms with Crippen LogP contribution in [0.4, 0.5) is 5.69 Å². The van der Waals surface area contributed by atoms with Gasteiger partial charge in [-0.3, -0.25) is 9.52 Å². The van der Waals surface area contributed by atoms with Crippen molar-refractivity contribution < 1.29 is 22.7 Å². The summed E-state index contributed by atoms with van der Waals surface area (Å²) >= 11 is 6.18. The number of amides is 1. The third kappa shape index (κ3) is 5.07. The van der Waals surface area contributed by atoms with Crippen molar-refractivity contribution in [1.29, 1.82) is 0 Å². The molecule has 1 aliphatic rings. The standard InChI is InChI=1S/C24H23ClN2O5S/c1-15-5-3-4-6-20(15)27-33(29,30)23-14-18(7-9-19(23)25)24(28)26-16(2)17-8-10-21-22(13-17)32-12-11-31-21/h3-10,13-14,16,27H,11-12H2,1-2H3,(H,26,28)/t16-/m1/s1. The van der Waals surface area contributed by atoms with Crippen LogP contribution in [0.15, 0.2) is 65.6 Å². The van der Waals surface area contributed by atoms with Crippen LogP contribution in [-0.2, 0) is 10.0 Å². The number of sulfonamides is 1. The molecule has 3 aromatic rings. The molecule has 0 fully saturated rings. The van der Waals surface area contributed by atoms with Crippen LogP contribution in [0.1, 0.15) is 34.5 Å². The highest BCUT2D eigenvalue weighted by Gasteiger charge is 2.22. The Morgan fingerprint density at radius 2 is 1.73 bits per heavy atom. The molecule has 0 aliphatic carbocycles. The van der Waals surface area contributed by atoms with E-state index in [-0.39, 0.29) is 21.5 Å². The lowest BCUT2D eigenvalue weighted by Crippen LogP contribution is -2.27. The fourth-order valence-corrected chi connectivity index (χ4v) is 5.09. The summed E-state index contributed by atoms with van der Waals surface area (Å²) in [5.41, 5.74) is 2.21. The van der Waals surface area contributed by atoms with Crippen molar-refractivity contribution in [3.63, 3.8) is 0 Å². The highest BCUT2D eigenvalue weighted by atomic mass is 35.5. The van der Waals surface area contributed by atoms with E-state index in [1.165, 1.54) is 18.2 Å². The average molecular weight is 487 g/mol. The van der Waals surface area contributed by atoms with Crippen molar-refractivity contribution in [2.24, 2.45) is 0 Å². The monoisotopic (exact) mass is 486 g/mol. The number of rotatable bonds is 6. The van der Waals surface area contributed by atoms with Gasteiger partial charge in [-0.05, 0) is 61.4 Å². The molecule has 0 radical (unpaired) electrons. The molecule has 1 amide bonds.